The minimum atomic E-state index is -1.33. The van der Waals surface area contributed by atoms with Crippen molar-refractivity contribution in [3.63, 3.8) is 0 Å². The second kappa shape index (κ2) is 29.5. The van der Waals surface area contributed by atoms with Gasteiger partial charge in [0.1, 0.15) is 49.3 Å². The van der Waals surface area contributed by atoms with Crippen LogP contribution in [0.15, 0.2) is 24.3 Å². The van der Waals surface area contributed by atoms with Gasteiger partial charge >= 0.3 is 0 Å². The molecule has 6 aliphatic rings. The Morgan fingerprint density at radius 1 is 0.561 bits per heavy atom. The number of aromatic nitrogens is 8. The summed E-state index contributed by atoms with van der Waals surface area (Å²) >= 11 is 0. The highest BCUT2D eigenvalue weighted by Crippen LogP contribution is 2.61. The lowest BCUT2D eigenvalue weighted by molar-refractivity contribution is -0.125. The Hall–Kier alpha value is -4.85. The maximum absolute atomic E-state index is 16.4. The van der Waals surface area contributed by atoms with Crippen LogP contribution in [0.25, 0.3) is 45.1 Å². The first-order chi connectivity index (χ1) is 46.1. The van der Waals surface area contributed by atoms with E-state index in [1.165, 1.54) is 47.5 Å². The molecule has 4 aliphatic carbocycles. The van der Waals surface area contributed by atoms with E-state index in [1.807, 2.05) is 44.5 Å². The second-order valence-electron chi connectivity index (χ2n) is 34.6. The van der Waals surface area contributed by atoms with Gasteiger partial charge in [0.05, 0.1) is 49.5 Å². The van der Waals surface area contributed by atoms with E-state index in [0.717, 1.165) is 61.2 Å². The Labute approximate surface area is 584 Å². The third kappa shape index (κ3) is 17.3. The van der Waals surface area contributed by atoms with Crippen LogP contribution in [-0.2, 0) is 90.6 Å². The maximum atomic E-state index is 16.4. The van der Waals surface area contributed by atoms with Crippen LogP contribution in [0, 0.1) is 34.3 Å². The molecule has 0 bridgehead atoms. The van der Waals surface area contributed by atoms with E-state index < -0.39 is 43.9 Å². The molecular weight excluding hydrogens is 1310 g/mol. The van der Waals surface area contributed by atoms with Gasteiger partial charge in [-0.05, 0) is 123 Å². The summed E-state index contributed by atoms with van der Waals surface area (Å²) < 4.78 is 76.4. The number of carbonyl (C=O) groups excluding carboxylic acids is 2. The van der Waals surface area contributed by atoms with Gasteiger partial charge in [-0.3, -0.25) is 28.5 Å². The third-order valence-electron chi connectivity index (χ3n) is 21.6. The van der Waals surface area contributed by atoms with Crippen molar-refractivity contribution in [3.8, 4) is 23.0 Å². The van der Waals surface area contributed by atoms with Crippen LogP contribution in [0.2, 0.25) is 103 Å². The number of morpholine rings is 2. The molecule has 6 aromatic rings. The molecule has 0 unspecified atom stereocenters. The maximum Gasteiger partial charge on any atom is 0.243 e. The summed E-state index contributed by atoms with van der Waals surface area (Å²) in [4.78, 5) is 44.6. The summed E-state index contributed by atoms with van der Waals surface area (Å²) in [6.07, 6.45) is 6.18. The number of anilines is 2. The second-order valence-corrected chi connectivity index (χ2v) is 57.1. The molecule has 0 spiro atoms. The van der Waals surface area contributed by atoms with Crippen molar-refractivity contribution in [2.75, 3.05) is 103 Å². The normalized spacial score (nSPS) is 21.9. The average molecular weight is 1430 g/mol. The van der Waals surface area contributed by atoms with Crippen molar-refractivity contribution in [1.82, 2.24) is 48.5 Å². The number of rotatable bonds is 28. The minimum Gasteiger partial charge on any atom is -0.379 e. The fraction of sp³-hybridized carbons (Fsp3) is 0.694. The molecule has 4 fully saturated rings. The first-order valence-electron chi connectivity index (χ1n) is 36.2. The highest BCUT2D eigenvalue weighted by Gasteiger charge is 2.55. The average Bonchev–Trinajstić information content (AvgIpc) is 1.56. The number of nitrogens with zero attached hydrogens (tertiary/aromatic N) is 12. The first-order valence-corrected chi connectivity index (χ1v) is 51.0. The summed E-state index contributed by atoms with van der Waals surface area (Å²) in [6, 6.07) is 10.1. The van der Waals surface area contributed by atoms with E-state index >= 15 is 8.78 Å². The highest BCUT2D eigenvalue weighted by molar-refractivity contribution is 6.77. The number of imidazole rings is 2. The summed E-state index contributed by atoms with van der Waals surface area (Å²) in [7, 11) is -1.68. The van der Waals surface area contributed by atoms with E-state index in [9.17, 15) is 9.59 Å². The molecule has 6 heterocycles. The number of hydrogen-bond acceptors (Lipinski definition) is 14. The predicted octanol–water partition coefficient (Wildman–Crippen LogP) is 12.9. The molecule has 20 nitrogen and oxygen atoms in total. The standard InChI is InChI=1S/2C36H57FN6O4Si2/c1-25(41-10-12-45-13-11-41)35(44)40(3)27-19-29(37)33-30(20-27)42(23-46-14-16-48(4,5)6)34(38-33)32-28-18-26-21-36(26,2)22-31(28)43(39-32)24-47-15-17-49(7,8)9;1-25(41-10-12-45-13-11-41)35(44)40(3)27-19-29(37)33-30(20-27)38-34(42(33)23-46-14-16-48(4,5)6)32-28-18-26-21-36(26,2)22-31(28)43(39-32)24-47-15-17-49(7,8)9/h2*19-20,25-26H,10-18,21-24H2,1-9H3/t2*25-,26+,36+/m00/s1. The summed E-state index contributed by atoms with van der Waals surface area (Å²) in [6.45, 7) is 45.7. The third-order valence-corrected chi connectivity index (χ3v) is 28.5. The lowest BCUT2D eigenvalue weighted by Crippen LogP contribution is -2.50. The van der Waals surface area contributed by atoms with E-state index in [1.54, 1.807) is 23.9 Å². The Bertz CT molecular complexity index is 3740. The quantitative estimate of drug-likeness (QED) is 0.0335. The lowest BCUT2D eigenvalue weighted by atomic mass is 9.87. The Balaban J connectivity index is 0.000000198. The SMILES string of the molecule is C[C@@H](C(=O)N(C)c1cc(F)c2c(c1)nc(-c1nn(COCC[Si](C)(C)C)c3c1C[C@@H]1C[C@]1(C)C3)n2COCC[Si](C)(C)C)N1CCOCC1.C[C@@H](C(=O)N(C)c1cc(F)c2nc(-c3nn(COCC[Si](C)(C)C)c4c3C[C@@H]3C[C@]3(C)C4)n(COCC[Si](C)(C)C)c2c1)N1CCOCC1. The molecule has 6 atom stereocenters. The molecule has 26 heteroatoms. The number of halogens is 2. The molecule has 98 heavy (non-hydrogen) atoms. The lowest BCUT2D eigenvalue weighted by Gasteiger charge is -2.33. The highest BCUT2D eigenvalue weighted by atomic mass is 28.3. The van der Waals surface area contributed by atoms with Gasteiger partial charge in [0.15, 0.2) is 23.3 Å². The van der Waals surface area contributed by atoms with Crippen LogP contribution in [-0.4, -0.2) is 198 Å². The van der Waals surface area contributed by atoms with E-state index in [4.69, 9.17) is 48.6 Å². The number of fused-ring (bicyclic) bond motifs is 6. The van der Waals surface area contributed by atoms with E-state index in [0.29, 0.717) is 155 Å². The largest absolute Gasteiger partial charge is 0.379 e. The molecule has 2 saturated carbocycles. The van der Waals surface area contributed by atoms with Crippen molar-refractivity contribution < 1.29 is 46.8 Å². The number of ether oxygens (including phenoxy) is 6. The van der Waals surface area contributed by atoms with Crippen LogP contribution < -0.4 is 9.80 Å². The van der Waals surface area contributed by atoms with Crippen molar-refractivity contribution >= 4 is 77.6 Å². The first kappa shape index (κ1) is 74.3. The van der Waals surface area contributed by atoms with Crippen LogP contribution in [0.4, 0.5) is 20.2 Å². The van der Waals surface area contributed by atoms with Crippen molar-refractivity contribution in [2.45, 2.75) is 208 Å². The molecule has 2 saturated heterocycles. The van der Waals surface area contributed by atoms with Gasteiger partial charge in [-0.1, -0.05) is 92.4 Å². The predicted molar refractivity (Wildman–Crippen MR) is 396 cm³/mol. The zero-order chi connectivity index (χ0) is 70.6. The Morgan fingerprint density at radius 2 is 0.949 bits per heavy atom. The van der Waals surface area contributed by atoms with Gasteiger partial charge < -0.3 is 38.2 Å². The number of amides is 2. The fourth-order valence-electron chi connectivity index (χ4n) is 14.4. The van der Waals surface area contributed by atoms with Gasteiger partial charge in [0.2, 0.25) is 11.8 Å². The molecule has 540 valence electrons. The van der Waals surface area contributed by atoms with Crippen LogP contribution in [0.5, 0.6) is 0 Å². The van der Waals surface area contributed by atoms with Gasteiger partial charge in [0, 0.05) is 133 Å². The van der Waals surface area contributed by atoms with Crippen LogP contribution in [0.1, 0.15) is 63.1 Å². The van der Waals surface area contributed by atoms with E-state index in [2.05, 4.69) is 102 Å². The van der Waals surface area contributed by atoms with Crippen LogP contribution >= 0.6 is 0 Å². The van der Waals surface area contributed by atoms with Gasteiger partial charge in [-0.15, -0.1) is 0 Å². The van der Waals surface area contributed by atoms with Crippen molar-refractivity contribution in [3.05, 3.63) is 58.4 Å². The molecule has 12 rings (SSSR count). The molecule has 4 aromatic heterocycles. The smallest absolute Gasteiger partial charge is 0.243 e. The van der Waals surface area contributed by atoms with Gasteiger partial charge in [0.25, 0.3) is 0 Å². The molecule has 0 N–H and O–H groups in total. The Kier molecular flexibility index (Phi) is 22.4. The zero-order valence-corrected chi connectivity index (χ0v) is 66.4. The summed E-state index contributed by atoms with van der Waals surface area (Å²) in [5.74, 6) is 1.37. The van der Waals surface area contributed by atoms with Gasteiger partial charge in [-0.25, -0.2) is 28.1 Å². The van der Waals surface area contributed by atoms with Crippen molar-refractivity contribution in [2.24, 2.45) is 22.7 Å². The molecule has 2 aliphatic heterocycles. The Morgan fingerprint density at radius 3 is 1.38 bits per heavy atom. The fourth-order valence-corrected chi connectivity index (χ4v) is 17.4. The van der Waals surface area contributed by atoms with Crippen molar-refractivity contribution in [1.29, 1.82) is 0 Å². The summed E-state index contributed by atoms with van der Waals surface area (Å²) in [5.41, 5.74) is 9.66. The zero-order valence-electron chi connectivity index (χ0n) is 62.4. The van der Waals surface area contributed by atoms with Gasteiger partial charge in [-0.2, -0.15) is 10.2 Å². The molecular formula is C72H114F2N12O8Si4. The molecule has 0 radical (unpaired) electrons. The number of likely N-dealkylation sites (N-methyl/N-ethyl adjacent to an activating group) is 2. The molecule has 2 amide bonds. The topological polar surface area (TPSA) is 174 Å². The minimum absolute atomic E-state index is 0.0900. The van der Waals surface area contributed by atoms with Crippen LogP contribution in [0.3, 0.4) is 0 Å². The number of carbonyl (C=O) groups is 2. The van der Waals surface area contributed by atoms with E-state index in [-0.39, 0.29) is 42.9 Å². The number of hydrogen-bond donors (Lipinski definition) is 0. The number of benzene rings is 2. The monoisotopic (exact) mass is 1420 g/mol. The summed E-state index contributed by atoms with van der Waals surface area (Å²) in [5, 5.41) is 10.3. The molecule has 2 aromatic carbocycles.